The lowest BCUT2D eigenvalue weighted by Crippen LogP contribution is -2.07. The van der Waals surface area contributed by atoms with Crippen LogP contribution in [0.25, 0.3) is 11.4 Å². The Morgan fingerprint density at radius 2 is 2.26 bits per heavy atom. The minimum absolute atomic E-state index is 0.0261. The van der Waals surface area contributed by atoms with E-state index in [-0.39, 0.29) is 12.4 Å². The molecule has 0 amide bonds. The van der Waals surface area contributed by atoms with Crippen LogP contribution < -0.4 is 4.74 Å². The molecular weight excluding hydrogens is 248 g/mol. The molecule has 0 fully saturated rings. The molecule has 2 rings (SSSR count). The van der Waals surface area contributed by atoms with E-state index < -0.39 is 5.97 Å². The molecule has 0 saturated carbocycles. The number of aromatic nitrogens is 4. The lowest BCUT2D eigenvalue weighted by Gasteiger charge is -2.05. The number of carbonyl (C=O) groups is 1. The van der Waals surface area contributed by atoms with E-state index >= 15 is 0 Å². The highest BCUT2D eigenvalue weighted by atomic mass is 16.5. The number of hydrogen-bond donors (Lipinski definition) is 0. The standard InChI is InChI=1S/C12H14N4O3/c1-4-19-12(17)10-14-11(16(2)15-10)8-5-6-13-7-9(8)18-3/h5-7H,4H2,1-3H3. The van der Waals surface area contributed by atoms with E-state index in [1.807, 2.05) is 0 Å². The third-order valence-electron chi connectivity index (χ3n) is 2.47. The summed E-state index contributed by atoms with van der Waals surface area (Å²) in [5.74, 6) is 0.561. The minimum atomic E-state index is -0.544. The molecule has 0 radical (unpaired) electrons. The zero-order chi connectivity index (χ0) is 13.8. The van der Waals surface area contributed by atoms with Crippen molar-refractivity contribution >= 4 is 5.97 Å². The fraction of sp³-hybridized carbons (Fsp3) is 0.333. The lowest BCUT2D eigenvalue weighted by atomic mass is 10.2. The van der Waals surface area contributed by atoms with Gasteiger partial charge in [0.2, 0.25) is 0 Å². The largest absolute Gasteiger partial charge is 0.494 e. The first-order valence-corrected chi connectivity index (χ1v) is 5.74. The maximum Gasteiger partial charge on any atom is 0.378 e. The highest BCUT2D eigenvalue weighted by Crippen LogP contribution is 2.26. The van der Waals surface area contributed by atoms with E-state index in [0.29, 0.717) is 17.1 Å². The molecule has 0 atom stereocenters. The van der Waals surface area contributed by atoms with Crippen molar-refractivity contribution < 1.29 is 14.3 Å². The third kappa shape index (κ3) is 2.54. The zero-order valence-corrected chi connectivity index (χ0v) is 11.0. The summed E-state index contributed by atoms with van der Waals surface area (Å²) in [6.45, 7) is 2.01. The number of methoxy groups -OCH3 is 1. The van der Waals surface area contributed by atoms with Crippen molar-refractivity contribution in [2.45, 2.75) is 6.92 Å². The number of pyridine rings is 1. The average molecular weight is 262 g/mol. The van der Waals surface area contributed by atoms with Gasteiger partial charge in [0.1, 0.15) is 5.75 Å². The second kappa shape index (κ2) is 5.47. The normalized spacial score (nSPS) is 10.3. The van der Waals surface area contributed by atoms with Crippen LogP contribution in [0.3, 0.4) is 0 Å². The Balaban J connectivity index is 2.43. The van der Waals surface area contributed by atoms with Crippen LogP contribution in [0.5, 0.6) is 5.75 Å². The smallest absolute Gasteiger partial charge is 0.378 e. The molecule has 7 nitrogen and oxygen atoms in total. The average Bonchev–Trinajstić information content (AvgIpc) is 2.81. The molecule has 19 heavy (non-hydrogen) atoms. The first kappa shape index (κ1) is 13.0. The Hall–Kier alpha value is -2.44. The Morgan fingerprint density at radius 1 is 1.47 bits per heavy atom. The van der Waals surface area contributed by atoms with E-state index in [1.165, 1.54) is 4.68 Å². The number of nitrogens with zero attached hydrogens (tertiary/aromatic N) is 4. The molecule has 0 aliphatic carbocycles. The van der Waals surface area contributed by atoms with Crippen LogP contribution in [0.2, 0.25) is 0 Å². The second-order valence-electron chi connectivity index (χ2n) is 3.68. The number of esters is 1. The van der Waals surface area contributed by atoms with Gasteiger partial charge in [-0.05, 0) is 13.0 Å². The van der Waals surface area contributed by atoms with E-state index in [1.54, 1.807) is 39.5 Å². The predicted octanol–water partition coefficient (Wildman–Crippen LogP) is 1.06. The lowest BCUT2D eigenvalue weighted by molar-refractivity contribution is 0.0512. The van der Waals surface area contributed by atoms with Crippen molar-refractivity contribution in [2.24, 2.45) is 7.05 Å². The van der Waals surface area contributed by atoms with Crippen molar-refractivity contribution in [1.82, 2.24) is 19.7 Å². The highest BCUT2D eigenvalue weighted by molar-refractivity contribution is 5.85. The maximum atomic E-state index is 11.6. The third-order valence-corrected chi connectivity index (χ3v) is 2.47. The number of hydrogen-bond acceptors (Lipinski definition) is 6. The van der Waals surface area contributed by atoms with E-state index in [9.17, 15) is 4.79 Å². The van der Waals surface area contributed by atoms with Gasteiger partial charge in [0.25, 0.3) is 5.82 Å². The second-order valence-corrected chi connectivity index (χ2v) is 3.68. The fourth-order valence-corrected chi connectivity index (χ4v) is 1.63. The van der Waals surface area contributed by atoms with Gasteiger partial charge in [-0.25, -0.2) is 14.5 Å². The highest BCUT2D eigenvalue weighted by Gasteiger charge is 2.18. The molecule has 0 aromatic carbocycles. The quantitative estimate of drug-likeness (QED) is 0.767. The molecule has 0 spiro atoms. The summed E-state index contributed by atoms with van der Waals surface area (Å²) in [5.41, 5.74) is 0.711. The molecule has 2 heterocycles. The number of rotatable bonds is 4. The van der Waals surface area contributed by atoms with E-state index in [0.717, 1.165) is 0 Å². The topological polar surface area (TPSA) is 79.1 Å². The number of ether oxygens (including phenoxy) is 2. The van der Waals surface area contributed by atoms with E-state index in [4.69, 9.17) is 9.47 Å². The van der Waals surface area contributed by atoms with Crippen molar-refractivity contribution in [3.8, 4) is 17.1 Å². The summed E-state index contributed by atoms with van der Waals surface area (Å²) < 4.78 is 11.6. The fourth-order valence-electron chi connectivity index (χ4n) is 1.63. The molecule has 2 aromatic rings. The molecule has 0 aliphatic rings. The molecule has 0 saturated heterocycles. The van der Waals surface area contributed by atoms with Gasteiger partial charge in [0.15, 0.2) is 5.82 Å². The van der Waals surface area contributed by atoms with Gasteiger partial charge < -0.3 is 9.47 Å². The molecule has 7 heteroatoms. The zero-order valence-electron chi connectivity index (χ0n) is 11.0. The monoisotopic (exact) mass is 262 g/mol. The molecule has 0 unspecified atom stereocenters. The molecular formula is C12H14N4O3. The summed E-state index contributed by atoms with van der Waals surface area (Å²) in [6.07, 6.45) is 3.20. The van der Waals surface area contributed by atoms with Crippen molar-refractivity contribution in [3.05, 3.63) is 24.3 Å². The van der Waals surface area contributed by atoms with Gasteiger partial charge in [-0.1, -0.05) is 0 Å². The molecule has 0 N–H and O–H groups in total. The van der Waals surface area contributed by atoms with E-state index in [2.05, 4.69) is 15.1 Å². The molecule has 0 aliphatic heterocycles. The Labute approximate surface area is 110 Å². The van der Waals surface area contributed by atoms with Crippen LogP contribution in [0.15, 0.2) is 18.5 Å². The van der Waals surface area contributed by atoms with Gasteiger partial charge >= 0.3 is 5.97 Å². The number of aryl methyl sites for hydroxylation is 1. The first-order valence-electron chi connectivity index (χ1n) is 5.74. The Kier molecular flexibility index (Phi) is 3.74. The SMILES string of the molecule is CCOC(=O)c1nc(-c2ccncc2OC)n(C)n1. The van der Waals surface area contributed by atoms with Gasteiger partial charge in [-0.2, -0.15) is 0 Å². The Morgan fingerprint density at radius 3 is 2.95 bits per heavy atom. The summed E-state index contributed by atoms with van der Waals surface area (Å²) in [6, 6.07) is 1.75. The van der Waals surface area contributed by atoms with Crippen LogP contribution in [-0.2, 0) is 11.8 Å². The van der Waals surface area contributed by atoms with Crippen LogP contribution in [-0.4, -0.2) is 39.4 Å². The van der Waals surface area contributed by atoms with Crippen LogP contribution >= 0.6 is 0 Å². The summed E-state index contributed by atoms with van der Waals surface area (Å²) >= 11 is 0. The summed E-state index contributed by atoms with van der Waals surface area (Å²) in [4.78, 5) is 19.7. The van der Waals surface area contributed by atoms with Crippen molar-refractivity contribution in [2.75, 3.05) is 13.7 Å². The predicted molar refractivity (Wildman–Crippen MR) is 66.7 cm³/mol. The summed E-state index contributed by atoms with van der Waals surface area (Å²) in [5, 5.41) is 4.04. The van der Waals surface area contributed by atoms with Gasteiger partial charge in [-0.3, -0.25) is 4.98 Å². The first-order chi connectivity index (χ1) is 9.17. The maximum absolute atomic E-state index is 11.6. The molecule has 0 bridgehead atoms. The number of carbonyl (C=O) groups excluding carboxylic acids is 1. The van der Waals surface area contributed by atoms with Crippen molar-refractivity contribution in [1.29, 1.82) is 0 Å². The summed E-state index contributed by atoms with van der Waals surface area (Å²) in [7, 11) is 3.24. The Bertz CT molecular complexity index is 594. The van der Waals surface area contributed by atoms with Gasteiger partial charge in [0.05, 0.1) is 25.5 Å². The molecule has 2 aromatic heterocycles. The minimum Gasteiger partial charge on any atom is -0.494 e. The van der Waals surface area contributed by atoms with Crippen LogP contribution in [0.1, 0.15) is 17.5 Å². The van der Waals surface area contributed by atoms with Gasteiger partial charge in [0, 0.05) is 13.2 Å². The van der Waals surface area contributed by atoms with Gasteiger partial charge in [-0.15, -0.1) is 5.10 Å². The molecule has 100 valence electrons. The van der Waals surface area contributed by atoms with Crippen LogP contribution in [0, 0.1) is 0 Å². The van der Waals surface area contributed by atoms with Crippen LogP contribution in [0.4, 0.5) is 0 Å². The van der Waals surface area contributed by atoms with Crippen molar-refractivity contribution in [3.63, 3.8) is 0 Å².